The van der Waals surface area contributed by atoms with Crippen molar-refractivity contribution in [2.45, 2.75) is 32.0 Å². The molecule has 0 aliphatic carbocycles. The lowest BCUT2D eigenvalue weighted by molar-refractivity contribution is -0.130. The van der Waals surface area contributed by atoms with Gasteiger partial charge in [-0.2, -0.15) is 0 Å². The molecule has 104 valence electrons. The number of para-hydroxylation sites is 1. The molecular weight excluding hydrogens is 310 g/mol. The second-order valence-corrected chi connectivity index (χ2v) is 5.46. The molecule has 19 heavy (non-hydrogen) atoms. The van der Waals surface area contributed by atoms with Gasteiger partial charge in [0, 0.05) is 6.61 Å². The van der Waals surface area contributed by atoms with Gasteiger partial charge >= 0.3 is 0 Å². The van der Waals surface area contributed by atoms with Crippen molar-refractivity contribution in [2.24, 2.45) is 0 Å². The van der Waals surface area contributed by atoms with Crippen LogP contribution in [0.5, 0.6) is 5.75 Å². The summed E-state index contributed by atoms with van der Waals surface area (Å²) < 4.78 is 12.0. The van der Waals surface area contributed by atoms with Gasteiger partial charge in [-0.05, 0) is 47.8 Å². The van der Waals surface area contributed by atoms with Crippen LogP contribution in [0.1, 0.15) is 19.8 Å². The summed E-state index contributed by atoms with van der Waals surface area (Å²) >= 11 is 3.43. The Morgan fingerprint density at radius 1 is 1.58 bits per heavy atom. The number of hydrogen-bond acceptors (Lipinski definition) is 3. The van der Waals surface area contributed by atoms with Crippen molar-refractivity contribution in [1.82, 2.24) is 5.32 Å². The number of carbonyl (C=O) groups excluding carboxylic acids is 1. The SMILES string of the molecule is C[C@H](CNC(=O)[C@@H]1CCCO1)Oc1ccccc1Br. The number of nitrogens with one attached hydrogen (secondary N) is 1. The van der Waals surface area contributed by atoms with E-state index >= 15 is 0 Å². The van der Waals surface area contributed by atoms with Gasteiger partial charge in [0.05, 0.1) is 11.0 Å². The van der Waals surface area contributed by atoms with Crippen molar-refractivity contribution in [3.63, 3.8) is 0 Å². The molecular formula is C14H18BrNO3. The van der Waals surface area contributed by atoms with Crippen LogP contribution in [0.25, 0.3) is 0 Å². The Hall–Kier alpha value is -1.07. The average Bonchev–Trinajstić information content (AvgIpc) is 2.93. The molecule has 2 rings (SSSR count). The summed E-state index contributed by atoms with van der Waals surface area (Å²) in [5, 5.41) is 2.86. The molecule has 0 bridgehead atoms. The maximum Gasteiger partial charge on any atom is 0.249 e. The molecule has 1 heterocycles. The molecule has 0 aromatic heterocycles. The highest BCUT2D eigenvalue weighted by Crippen LogP contribution is 2.24. The summed E-state index contributed by atoms with van der Waals surface area (Å²) in [4.78, 5) is 11.8. The summed E-state index contributed by atoms with van der Waals surface area (Å²) in [5.74, 6) is 0.737. The predicted octanol–water partition coefficient (Wildman–Crippen LogP) is 2.51. The van der Waals surface area contributed by atoms with Crippen molar-refractivity contribution in [2.75, 3.05) is 13.2 Å². The number of rotatable bonds is 5. The van der Waals surface area contributed by atoms with Gasteiger partial charge in [-0.3, -0.25) is 4.79 Å². The van der Waals surface area contributed by atoms with Crippen LogP contribution in [0.3, 0.4) is 0 Å². The third-order valence-corrected chi connectivity index (χ3v) is 3.61. The van der Waals surface area contributed by atoms with E-state index in [9.17, 15) is 4.79 Å². The lowest BCUT2D eigenvalue weighted by atomic mass is 10.2. The van der Waals surface area contributed by atoms with E-state index in [0.717, 1.165) is 23.1 Å². The van der Waals surface area contributed by atoms with Crippen LogP contribution in [0.4, 0.5) is 0 Å². The van der Waals surface area contributed by atoms with Crippen molar-refractivity contribution in [1.29, 1.82) is 0 Å². The zero-order valence-corrected chi connectivity index (χ0v) is 12.5. The third kappa shape index (κ3) is 4.21. The monoisotopic (exact) mass is 327 g/mol. The maximum atomic E-state index is 11.8. The number of ether oxygens (including phenoxy) is 2. The van der Waals surface area contributed by atoms with Gasteiger partial charge in [0.1, 0.15) is 18.0 Å². The van der Waals surface area contributed by atoms with Gasteiger partial charge < -0.3 is 14.8 Å². The molecule has 4 nitrogen and oxygen atoms in total. The molecule has 1 amide bonds. The highest BCUT2D eigenvalue weighted by molar-refractivity contribution is 9.10. The molecule has 0 unspecified atom stereocenters. The Labute approximate surface area is 121 Å². The fourth-order valence-corrected chi connectivity index (χ4v) is 2.32. The van der Waals surface area contributed by atoms with Gasteiger partial charge in [-0.1, -0.05) is 12.1 Å². The largest absolute Gasteiger partial charge is 0.488 e. The molecule has 1 saturated heterocycles. The first kappa shape index (κ1) is 14.3. The Morgan fingerprint density at radius 2 is 2.37 bits per heavy atom. The molecule has 0 saturated carbocycles. The third-order valence-electron chi connectivity index (χ3n) is 2.95. The van der Waals surface area contributed by atoms with E-state index in [4.69, 9.17) is 9.47 Å². The summed E-state index contributed by atoms with van der Waals surface area (Å²) in [6, 6.07) is 7.66. The van der Waals surface area contributed by atoms with Crippen LogP contribution in [-0.2, 0) is 9.53 Å². The molecule has 0 spiro atoms. The molecule has 5 heteroatoms. The van der Waals surface area contributed by atoms with Gasteiger partial charge in [0.2, 0.25) is 5.91 Å². The first-order chi connectivity index (χ1) is 9.16. The number of carbonyl (C=O) groups is 1. The number of halogens is 1. The number of amides is 1. The van der Waals surface area contributed by atoms with Crippen LogP contribution in [0.15, 0.2) is 28.7 Å². The van der Waals surface area contributed by atoms with Crippen molar-refractivity contribution < 1.29 is 14.3 Å². The fraction of sp³-hybridized carbons (Fsp3) is 0.500. The lowest BCUT2D eigenvalue weighted by Crippen LogP contribution is -2.39. The predicted molar refractivity (Wildman–Crippen MR) is 76.2 cm³/mol. The Morgan fingerprint density at radius 3 is 3.05 bits per heavy atom. The van der Waals surface area contributed by atoms with Crippen molar-refractivity contribution >= 4 is 21.8 Å². The first-order valence-corrected chi connectivity index (χ1v) is 7.26. The number of hydrogen-bond donors (Lipinski definition) is 1. The molecule has 1 aliphatic rings. The molecule has 0 radical (unpaired) electrons. The smallest absolute Gasteiger partial charge is 0.249 e. The van der Waals surface area contributed by atoms with Crippen LogP contribution in [0.2, 0.25) is 0 Å². The van der Waals surface area contributed by atoms with E-state index in [2.05, 4.69) is 21.2 Å². The summed E-state index contributed by atoms with van der Waals surface area (Å²) in [6.45, 7) is 3.08. The van der Waals surface area contributed by atoms with Crippen molar-refractivity contribution in [3.05, 3.63) is 28.7 Å². The van der Waals surface area contributed by atoms with Gasteiger partial charge in [0.15, 0.2) is 0 Å². The minimum absolute atomic E-state index is 0.0416. The molecule has 2 atom stereocenters. The van der Waals surface area contributed by atoms with Crippen LogP contribution in [0, 0.1) is 0 Å². The van der Waals surface area contributed by atoms with Crippen LogP contribution >= 0.6 is 15.9 Å². The van der Waals surface area contributed by atoms with E-state index in [1.165, 1.54) is 0 Å². The lowest BCUT2D eigenvalue weighted by Gasteiger charge is -2.17. The maximum absolute atomic E-state index is 11.8. The van der Waals surface area contributed by atoms with Crippen LogP contribution in [-0.4, -0.2) is 31.3 Å². The zero-order chi connectivity index (χ0) is 13.7. The molecule has 1 fully saturated rings. The quantitative estimate of drug-likeness (QED) is 0.903. The Balaban J connectivity index is 1.76. The summed E-state index contributed by atoms with van der Waals surface area (Å²) in [6.07, 6.45) is 1.39. The fourth-order valence-electron chi connectivity index (χ4n) is 1.94. The Bertz CT molecular complexity index is 432. The van der Waals surface area contributed by atoms with Gasteiger partial charge in [-0.15, -0.1) is 0 Å². The second kappa shape index (κ2) is 6.91. The molecule has 1 aromatic carbocycles. The average molecular weight is 328 g/mol. The molecule has 1 N–H and O–H groups in total. The minimum Gasteiger partial charge on any atom is -0.488 e. The summed E-state index contributed by atoms with van der Waals surface area (Å²) in [7, 11) is 0. The minimum atomic E-state index is -0.282. The van der Waals surface area contributed by atoms with E-state index < -0.39 is 0 Å². The Kier molecular flexibility index (Phi) is 5.22. The van der Waals surface area contributed by atoms with Gasteiger partial charge in [0.25, 0.3) is 0 Å². The summed E-state index contributed by atoms with van der Waals surface area (Å²) in [5.41, 5.74) is 0. The normalized spacial score (nSPS) is 20.0. The zero-order valence-electron chi connectivity index (χ0n) is 10.9. The highest BCUT2D eigenvalue weighted by atomic mass is 79.9. The van der Waals surface area contributed by atoms with E-state index in [-0.39, 0.29) is 18.1 Å². The van der Waals surface area contributed by atoms with Crippen LogP contribution < -0.4 is 10.1 Å². The van der Waals surface area contributed by atoms with Crippen molar-refractivity contribution in [3.8, 4) is 5.75 Å². The number of benzene rings is 1. The van der Waals surface area contributed by atoms with Gasteiger partial charge in [-0.25, -0.2) is 0 Å². The molecule has 1 aliphatic heterocycles. The standard InChI is InChI=1S/C14H18BrNO3/c1-10(19-12-6-3-2-5-11(12)15)9-16-14(17)13-7-4-8-18-13/h2-3,5-6,10,13H,4,7-9H2,1H3,(H,16,17)/t10-,13+/m1/s1. The highest BCUT2D eigenvalue weighted by Gasteiger charge is 2.23. The van der Waals surface area contributed by atoms with E-state index in [1.54, 1.807) is 0 Å². The second-order valence-electron chi connectivity index (χ2n) is 4.61. The van der Waals surface area contributed by atoms with E-state index in [0.29, 0.717) is 13.2 Å². The molecule has 1 aromatic rings. The topological polar surface area (TPSA) is 47.6 Å². The van der Waals surface area contributed by atoms with E-state index in [1.807, 2.05) is 31.2 Å². The first-order valence-electron chi connectivity index (χ1n) is 6.47.